The second kappa shape index (κ2) is 8.71. The molecule has 1 atom stereocenters. The van der Waals surface area contributed by atoms with Gasteiger partial charge in [0.25, 0.3) is 0 Å². The topological polar surface area (TPSA) is 91.4 Å². The van der Waals surface area contributed by atoms with Crippen LogP contribution in [0.2, 0.25) is 0 Å². The third-order valence-electron chi connectivity index (χ3n) is 6.41. The molecule has 1 aliphatic rings. The Morgan fingerprint density at radius 2 is 2.09 bits per heavy atom. The van der Waals surface area contributed by atoms with Crippen LogP contribution in [-0.4, -0.2) is 55.9 Å². The fraction of sp³-hybridized carbons (Fsp3) is 0.280. The number of ether oxygens (including phenoxy) is 2. The Balaban J connectivity index is 1.48. The third-order valence-corrected chi connectivity index (χ3v) is 6.41. The minimum atomic E-state index is -0.353. The number of aryl methyl sites for hydroxylation is 1. The second-order valence-corrected chi connectivity index (χ2v) is 8.39. The average Bonchev–Trinajstić information content (AvgIpc) is 3.52. The molecule has 0 radical (unpaired) electrons. The molecule has 10 heteroatoms. The molecule has 0 spiro atoms. The van der Waals surface area contributed by atoms with Crippen LogP contribution < -0.4 is 10.1 Å². The Labute approximate surface area is 200 Å². The first kappa shape index (κ1) is 21.6. The van der Waals surface area contributed by atoms with Gasteiger partial charge in [-0.2, -0.15) is 5.10 Å². The van der Waals surface area contributed by atoms with Gasteiger partial charge >= 0.3 is 0 Å². The summed E-state index contributed by atoms with van der Waals surface area (Å²) in [6.45, 7) is 4.88. The highest BCUT2D eigenvalue weighted by Gasteiger charge is 2.22. The van der Waals surface area contributed by atoms with Crippen LogP contribution >= 0.6 is 0 Å². The monoisotopic (exact) mass is 473 g/mol. The first-order valence-electron chi connectivity index (χ1n) is 11.5. The van der Waals surface area contributed by atoms with Gasteiger partial charge in [0.15, 0.2) is 5.65 Å². The molecule has 0 bridgehead atoms. The number of methoxy groups -OCH3 is 1. The van der Waals surface area contributed by atoms with Crippen molar-refractivity contribution in [3.8, 4) is 28.0 Å². The molecule has 5 heterocycles. The van der Waals surface area contributed by atoms with Gasteiger partial charge in [-0.3, -0.25) is 4.40 Å². The highest BCUT2D eigenvalue weighted by Crippen LogP contribution is 2.37. The molecule has 1 fully saturated rings. The Morgan fingerprint density at radius 1 is 1.17 bits per heavy atom. The maximum absolute atomic E-state index is 15.2. The molecule has 1 aromatic carbocycles. The quantitative estimate of drug-likeness (QED) is 0.417. The number of hydrogen-bond donors (Lipinski definition) is 1. The van der Waals surface area contributed by atoms with E-state index >= 15 is 4.39 Å². The number of halogens is 1. The van der Waals surface area contributed by atoms with Crippen molar-refractivity contribution >= 4 is 16.7 Å². The standard InChI is InChI=1S/C25H24FN7O2/c1-3-32-14-29-23-19(11-30-31-25(23)32)15-4-5-20(26)17(8-15)18-9-16-10-28-24(21-12-27-6-7-35-21)33(16)13-22(18)34-2/h4-5,8-11,13-14,21,27H,3,6-7,12H2,1-2H3. The summed E-state index contributed by atoms with van der Waals surface area (Å²) in [5, 5.41) is 11.7. The molecule has 1 aliphatic heterocycles. The van der Waals surface area contributed by atoms with Crippen LogP contribution in [0.15, 0.2) is 49.2 Å². The van der Waals surface area contributed by atoms with E-state index in [2.05, 4.69) is 25.5 Å². The molecule has 1 saturated heterocycles. The van der Waals surface area contributed by atoms with Crippen LogP contribution in [0.5, 0.6) is 5.75 Å². The maximum atomic E-state index is 15.2. The Hall–Kier alpha value is -3.89. The number of imidazole rings is 2. The van der Waals surface area contributed by atoms with Crippen LogP contribution in [0.1, 0.15) is 18.9 Å². The lowest BCUT2D eigenvalue weighted by Gasteiger charge is -2.23. The van der Waals surface area contributed by atoms with E-state index in [9.17, 15) is 0 Å². The minimum absolute atomic E-state index is 0.161. The summed E-state index contributed by atoms with van der Waals surface area (Å²) < 4.78 is 30.6. The van der Waals surface area contributed by atoms with E-state index < -0.39 is 0 Å². The molecule has 35 heavy (non-hydrogen) atoms. The lowest BCUT2D eigenvalue weighted by atomic mass is 9.98. The van der Waals surface area contributed by atoms with Crippen LogP contribution in [0.4, 0.5) is 4.39 Å². The third kappa shape index (κ3) is 3.62. The number of fused-ring (bicyclic) bond motifs is 2. The van der Waals surface area contributed by atoms with E-state index in [4.69, 9.17) is 9.47 Å². The summed E-state index contributed by atoms with van der Waals surface area (Å²) in [5.74, 6) is 0.959. The van der Waals surface area contributed by atoms with Crippen molar-refractivity contribution in [2.75, 3.05) is 26.8 Å². The van der Waals surface area contributed by atoms with Gasteiger partial charge in [-0.15, -0.1) is 5.10 Å². The highest BCUT2D eigenvalue weighted by atomic mass is 19.1. The molecule has 9 nitrogen and oxygen atoms in total. The summed E-state index contributed by atoms with van der Waals surface area (Å²) in [6, 6.07) is 6.88. The number of aromatic nitrogens is 6. The SMILES string of the molecule is CCn1cnc2c(-c3ccc(F)c(-c4cc5cnc(C6CNCCO6)n5cc4OC)c3)cnnc21. The van der Waals surface area contributed by atoms with Crippen molar-refractivity contribution in [3.05, 3.63) is 60.8 Å². The fourth-order valence-electron chi connectivity index (χ4n) is 4.60. The first-order chi connectivity index (χ1) is 17.2. The number of hydrogen-bond acceptors (Lipinski definition) is 7. The molecular formula is C25H24FN7O2. The van der Waals surface area contributed by atoms with Crippen LogP contribution in [0.3, 0.4) is 0 Å². The van der Waals surface area contributed by atoms with E-state index in [0.717, 1.165) is 41.1 Å². The highest BCUT2D eigenvalue weighted by molar-refractivity contribution is 5.90. The number of benzene rings is 1. The zero-order chi connectivity index (χ0) is 23.9. The molecule has 1 unspecified atom stereocenters. The zero-order valence-corrected chi connectivity index (χ0v) is 19.4. The molecule has 1 N–H and O–H groups in total. The smallest absolute Gasteiger partial charge is 0.183 e. The van der Waals surface area contributed by atoms with E-state index in [0.29, 0.717) is 35.7 Å². The van der Waals surface area contributed by atoms with Gasteiger partial charge in [-0.25, -0.2) is 14.4 Å². The molecule has 0 amide bonds. The molecule has 5 aromatic rings. The Kier molecular flexibility index (Phi) is 5.39. The Morgan fingerprint density at radius 3 is 2.89 bits per heavy atom. The lowest BCUT2D eigenvalue weighted by molar-refractivity contribution is 0.0218. The van der Waals surface area contributed by atoms with Gasteiger partial charge in [-0.05, 0) is 30.7 Å². The van der Waals surface area contributed by atoms with E-state index in [1.165, 1.54) is 6.07 Å². The summed E-state index contributed by atoms with van der Waals surface area (Å²) in [5.41, 5.74) is 4.87. The Bertz CT molecular complexity index is 1540. The van der Waals surface area contributed by atoms with Crippen molar-refractivity contribution in [1.29, 1.82) is 0 Å². The fourth-order valence-corrected chi connectivity index (χ4v) is 4.60. The van der Waals surface area contributed by atoms with Crippen LogP contribution in [0, 0.1) is 5.82 Å². The molecule has 6 rings (SSSR count). The normalized spacial score (nSPS) is 16.3. The lowest BCUT2D eigenvalue weighted by Crippen LogP contribution is -2.34. The van der Waals surface area contributed by atoms with E-state index in [-0.39, 0.29) is 11.9 Å². The molecule has 0 aliphatic carbocycles. The summed E-state index contributed by atoms with van der Waals surface area (Å²) >= 11 is 0. The number of rotatable bonds is 5. The van der Waals surface area contributed by atoms with Gasteiger partial charge in [0.05, 0.1) is 44.2 Å². The van der Waals surface area contributed by atoms with Gasteiger partial charge in [0.2, 0.25) is 0 Å². The van der Waals surface area contributed by atoms with Crippen LogP contribution in [0.25, 0.3) is 38.9 Å². The van der Waals surface area contributed by atoms with Crippen molar-refractivity contribution in [1.82, 2.24) is 34.4 Å². The van der Waals surface area contributed by atoms with Gasteiger partial charge in [-0.1, -0.05) is 6.07 Å². The van der Waals surface area contributed by atoms with Gasteiger partial charge in [0, 0.05) is 36.3 Å². The number of morpholine rings is 1. The summed E-state index contributed by atoms with van der Waals surface area (Å²) in [7, 11) is 1.58. The maximum Gasteiger partial charge on any atom is 0.183 e. The number of nitrogens with zero attached hydrogens (tertiary/aromatic N) is 6. The van der Waals surface area contributed by atoms with Crippen molar-refractivity contribution in [3.63, 3.8) is 0 Å². The van der Waals surface area contributed by atoms with Crippen molar-refractivity contribution in [2.45, 2.75) is 19.6 Å². The minimum Gasteiger partial charge on any atom is -0.495 e. The van der Waals surface area contributed by atoms with E-state index in [1.807, 2.05) is 28.2 Å². The molecule has 0 saturated carbocycles. The second-order valence-electron chi connectivity index (χ2n) is 8.39. The number of nitrogens with one attached hydrogen (secondary N) is 1. The number of pyridine rings is 1. The van der Waals surface area contributed by atoms with Gasteiger partial charge in [0.1, 0.15) is 29.0 Å². The van der Waals surface area contributed by atoms with Gasteiger partial charge < -0.3 is 19.4 Å². The summed E-state index contributed by atoms with van der Waals surface area (Å²) in [6.07, 6.45) is 6.85. The predicted octanol–water partition coefficient (Wildman–Crippen LogP) is 3.64. The predicted molar refractivity (Wildman–Crippen MR) is 129 cm³/mol. The van der Waals surface area contributed by atoms with Crippen LogP contribution in [-0.2, 0) is 11.3 Å². The van der Waals surface area contributed by atoms with Crippen molar-refractivity contribution in [2.24, 2.45) is 0 Å². The largest absolute Gasteiger partial charge is 0.495 e. The van der Waals surface area contributed by atoms with E-state index in [1.54, 1.807) is 38.0 Å². The average molecular weight is 474 g/mol. The first-order valence-corrected chi connectivity index (χ1v) is 11.5. The van der Waals surface area contributed by atoms with Crippen molar-refractivity contribution < 1.29 is 13.9 Å². The molecule has 178 valence electrons. The molecule has 4 aromatic heterocycles. The summed E-state index contributed by atoms with van der Waals surface area (Å²) in [4.78, 5) is 9.11. The zero-order valence-electron chi connectivity index (χ0n) is 19.4. The molecular weight excluding hydrogens is 449 g/mol.